The third-order valence-corrected chi connectivity index (χ3v) is 8.71. The smallest absolute Gasteiger partial charge is 0.170 e. The van der Waals surface area contributed by atoms with Crippen molar-refractivity contribution in [2.45, 2.75) is 64.6 Å². The molecule has 0 unspecified atom stereocenters. The van der Waals surface area contributed by atoms with Gasteiger partial charge in [0.1, 0.15) is 5.78 Å². The number of hydrogen-bond acceptors (Lipinski definition) is 4. The SMILES string of the molecule is CC(=O)[C@H]1CC[C@H]2[C@@H]3CN=C4C[C@]5(O)CC[C@]4(CO5)[C@H]3CC[C@]12C. The van der Waals surface area contributed by atoms with E-state index in [0.29, 0.717) is 36.6 Å². The molecule has 3 aliphatic heterocycles. The number of carbonyl (C=O) groups excluding carboxylic acids is 1. The van der Waals surface area contributed by atoms with E-state index < -0.39 is 5.79 Å². The van der Waals surface area contributed by atoms with Gasteiger partial charge in [0.05, 0.1) is 6.61 Å². The van der Waals surface area contributed by atoms with Gasteiger partial charge in [-0.05, 0) is 62.2 Å². The number of ketones is 1. The number of aliphatic imine (C=N–C) groups is 1. The molecule has 24 heavy (non-hydrogen) atoms. The monoisotopic (exact) mass is 331 g/mol. The van der Waals surface area contributed by atoms with Crippen LogP contribution < -0.4 is 0 Å². The van der Waals surface area contributed by atoms with Crippen molar-refractivity contribution >= 4 is 11.5 Å². The highest BCUT2D eigenvalue weighted by atomic mass is 16.6. The van der Waals surface area contributed by atoms with Crippen LogP contribution in [0.4, 0.5) is 0 Å². The van der Waals surface area contributed by atoms with Gasteiger partial charge in [0, 0.05) is 36.4 Å². The molecule has 132 valence electrons. The first-order valence-corrected chi connectivity index (χ1v) is 9.79. The Labute approximate surface area is 144 Å². The van der Waals surface area contributed by atoms with Crippen molar-refractivity contribution < 1.29 is 14.6 Å². The Kier molecular flexibility index (Phi) is 3.04. The van der Waals surface area contributed by atoms with E-state index in [0.717, 1.165) is 25.8 Å². The van der Waals surface area contributed by atoms with Gasteiger partial charge < -0.3 is 9.84 Å². The van der Waals surface area contributed by atoms with Crippen LogP contribution in [-0.4, -0.2) is 35.5 Å². The second kappa shape index (κ2) is 4.70. The molecule has 1 spiro atoms. The molecule has 6 aliphatic rings. The molecule has 1 N–H and O–H groups in total. The minimum Gasteiger partial charge on any atom is -0.365 e. The van der Waals surface area contributed by atoms with Gasteiger partial charge in [-0.1, -0.05) is 6.92 Å². The number of aliphatic hydroxyl groups is 1. The molecule has 2 bridgehead atoms. The quantitative estimate of drug-likeness (QED) is 0.803. The third-order valence-electron chi connectivity index (χ3n) is 8.71. The van der Waals surface area contributed by atoms with Crippen LogP contribution in [0, 0.1) is 34.5 Å². The van der Waals surface area contributed by atoms with Gasteiger partial charge >= 0.3 is 0 Å². The maximum atomic E-state index is 12.2. The highest BCUT2D eigenvalue weighted by molar-refractivity contribution is 5.93. The predicted molar refractivity (Wildman–Crippen MR) is 90.7 cm³/mol. The summed E-state index contributed by atoms with van der Waals surface area (Å²) in [6.45, 7) is 5.73. The fourth-order valence-electron chi connectivity index (χ4n) is 7.46. The average molecular weight is 331 g/mol. The van der Waals surface area contributed by atoms with Gasteiger partial charge in [0.15, 0.2) is 5.79 Å². The van der Waals surface area contributed by atoms with E-state index in [-0.39, 0.29) is 16.7 Å². The molecule has 3 aliphatic carbocycles. The summed E-state index contributed by atoms with van der Waals surface area (Å²) in [4.78, 5) is 17.2. The van der Waals surface area contributed by atoms with Crippen LogP contribution >= 0.6 is 0 Å². The molecule has 6 rings (SSSR count). The van der Waals surface area contributed by atoms with E-state index in [1.54, 1.807) is 6.92 Å². The minimum absolute atomic E-state index is 0.0863. The lowest BCUT2D eigenvalue weighted by molar-refractivity contribution is -0.268. The van der Waals surface area contributed by atoms with E-state index in [2.05, 4.69) is 6.92 Å². The summed E-state index contributed by atoms with van der Waals surface area (Å²) >= 11 is 0. The summed E-state index contributed by atoms with van der Waals surface area (Å²) in [6.07, 6.45) is 7.03. The summed E-state index contributed by atoms with van der Waals surface area (Å²) in [5.41, 5.74) is 1.51. The highest BCUT2D eigenvalue weighted by Crippen LogP contribution is 2.65. The zero-order valence-electron chi connectivity index (χ0n) is 14.9. The van der Waals surface area contributed by atoms with E-state index in [9.17, 15) is 9.90 Å². The number of rotatable bonds is 1. The molecule has 5 fully saturated rings. The lowest BCUT2D eigenvalue weighted by Gasteiger charge is -2.61. The standard InChI is InChI=1S/C20H29NO3/c1-12(22)14-3-4-15-13-10-21-17-9-20(23)8-7-19(17,11-24-20)16(13)5-6-18(14,15)2/h13-16,23H,3-11H2,1-2H3/t13-,14+,15-,16-,18+,19-,20-/m0/s1. The van der Waals surface area contributed by atoms with E-state index >= 15 is 0 Å². The number of carbonyl (C=O) groups is 1. The van der Waals surface area contributed by atoms with Gasteiger partial charge in [-0.3, -0.25) is 9.79 Å². The number of ether oxygens (including phenoxy) is 1. The van der Waals surface area contributed by atoms with Crippen molar-refractivity contribution in [2.75, 3.05) is 13.2 Å². The zero-order chi connectivity index (χ0) is 16.7. The molecule has 2 saturated heterocycles. The van der Waals surface area contributed by atoms with Crippen LogP contribution in [-0.2, 0) is 9.53 Å². The normalized spacial score (nSPS) is 55.4. The lowest BCUT2D eigenvalue weighted by Crippen LogP contribution is -2.64. The molecular formula is C20H29NO3. The van der Waals surface area contributed by atoms with Gasteiger partial charge in [-0.25, -0.2) is 0 Å². The predicted octanol–water partition coefficient (Wildman–Crippen LogP) is 2.98. The fraction of sp³-hybridized carbons (Fsp3) is 0.900. The molecule has 0 aromatic carbocycles. The van der Waals surface area contributed by atoms with Crippen molar-refractivity contribution in [3.05, 3.63) is 0 Å². The van der Waals surface area contributed by atoms with E-state index in [4.69, 9.17) is 9.73 Å². The molecule has 4 heteroatoms. The van der Waals surface area contributed by atoms with Gasteiger partial charge in [0.25, 0.3) is 0 Å². The van der Waals surface area contributed by atoms with Crippen LogP contribution in [0.3, 0.4) is 0 Å². The largest absolute Gasteiger partial charge is 0.365 e. The Hall–Kier alpha value is -0.740. The topological polar surface area (TPSA) is 58.9 Å². The summed E-state index contributed by atoms with van der Waals surface area (Å²) in [6, 6.07) is 0. The second-order valence-corrected chi connectivity index (χ2v) is 9.52. The number of hydrogen-bond donors (Lipinski definition) is 1. The summed E-state index contributed by atoms with van der Waals surface area (Å²) in [5.74, 6) is 1.57. The highest BCUT2D eigenvalue weighted by Gasteiger charge is 2.64. The first kappa shape index (κ1) is 15.5. The fourth-order valence-corrected chi connectivity index (χ4v) is 7.46. The molecule has 3 heterocycles. The molecule has 3 saturated carbocycles. The molecule has 0 amide bonds. The summed E-state index contributed by atoms with van der Waals surface area (Å²) < 4.78 is 5.89. The van der Waals surface area contributed by atoms with Crippen molar-refractivity contribution in [2.24, 2.45) is 39.5 Å². The van der Waals surface area contributed by atoms with Gasteiger partial charge in [-0.15, -0.1) is 0 Å². The Morgan fingerprint density at radius 2 is 2.04 bits per heavy atom. The second-order valence-electron chi connectivity index (χ2n) is 9.52. The molecule has 0 radical (unpaired) electrons. The van der Waals surface area contributed by atoms with Crippen molar-refractivity contribution in [1.82, 2.24) is 0 Å². The molecular weight excluding hydrogens is 302 g/mol. The van der Waals surface area contributed by atoms with Crippen LogP contribution in [0.25, 0.3) is 0 Å². The average Bonchev–Trinajstić information content (AvgIpc) is 2.91. The Bertz CT molecular complexity index is 618. The van der Waals surface area contributed by atoms with Crippen LogP contribution in [0.5, 0.6) is 0 Å². The van der Waals surface area contributed by atoms with Crippen LogP contribution in [0.2, 0.25) is 0 Å². The summed E-state index contributed by atoms with van der Waals surface area (Å²) in [5, 5.41) is 10.5. The first-order valence-electron chi connectivity index (χ1n) is 9.79. The van der Waals surface area contributed by atoms with Gasteiger partial charge in [-0.2, -0.15) is 0 Å². The van der Waals surface area contributed by atoms with E-state index in [1.165, 1.54) is 25.0 Å². The molecule has 7 atom stereocenters. The zero-order valence-corrected chi connectivity index (χ0v) is 14.9. The van der Waals surface area contributed by atoms with Crippen molar-refractivity contribution in [3.8, 4) is 0 Å². The van der Waals surface area contributed by atoms with E-state index in [1.807, 2.05) is 0 Å². The maximum absolute atomic E-state index is 12.2. The van der Waals surface area contributed by atoms with Crippen LogP contribution in [0.15, 0.2) is 4.99 Å². The maximum Gasteiger partial charge on any atom is 0.170 e. The number of Topliss-reactive ketones (excluding diaryl/α,β-unsaturated/α-hetero) is 1. The molecule has 0 aromatic rings. The Morgan fingerprint density at radius 3 is 2.75 bits per heavy atom. The first-order chi connectivity index (χ1) is 11.4. The lowest BCUT2D eigenvalue weighted by atomic mass is 9.48. The van der Waals surface area contributed by atoms with Crippen LogP contribution in [0.1, 0.15) is 58.8 Å². The van der Waals surface area contributed by atoms with Crippen molar-refractivity contribution in [3.63, 3.8) is 0 Å². The number of fused-ring (bicyclic) bond motifs is 5. The third kappa shape index (κ3) is 1.77. The molecule has 4 nitrogen and oxygen atoms in total. The van der Waals surface area contributed by atoms with Crippen molar-refractivity contribution in [1.29, 1.82) is 0 Å². The van der Waals surface area contributed by atoms with Gasteiger partial charge in [0.2, 0.25) is 0 Å². The molecule has 0 aromatic heterocycles. The summed E-state index contributed by atoms with van der Waals surface area (Å²) in [7, 11) is 0. The minimum atomic E-state index is -0.941. The Morgan fingerprint density at radius 1 is 1.21 bits per heavy atom. The Balaban J connectivity index is 1.51. The number of nitrogens with zero attached hydrogens (tertiary/aromatic N) is 1.